The first-order valence-corrected chi connectivity index (χ1v) is 15.2. The zero-order valence-electron chi connectivity index (χ0n) is 23.1. The number of aromatic nitrogens is 7. The number of nitrogens with one attached hydrogen (secondary N) is 2. The van der Waals surface area contributed by atoms with Crippen LogP contribution in [0.3, 0.4) is 0 Å². The van der Waals surface area contributed by atoms with Gasteiger partial charge in [0.2, 0.25) is 0 Å². The smallest absolute Gasteiger partial charge is 0.295 e. The fraction of sp³-hybridized carbons (Fsp3) is 0.444. The van der Waals surface area contributed by atoms with Crippen LogP contribution >= 0.6 is 0 Å². The van der Waals surface area contributed by atoms with Gasteiger partial charge in [-0.2, -0.15) is 9.19 Å². The number of pyridine rings is 1. The third-order valence-electron chi connectivity index (χ3n) is 7.65. The SMILES string of the molecule is Cn1cc(-c2cnc(Nc3ccnc(-c4cnn(S(=O)(=O)C5CC5)c4)n3)cc2NC2CCC(C)(O)CC2)nc1C(F)F. The molecule has 4 heterocycles. The third kappa shape index (κ3) is 5.83. The molecular formula is C27H31F2N9O3S. The topological polar surface area (TPSA) is 153 Å². The molecule has 2 aliphatic carbocycles. The minimum Gasteiger partial charge on any atom is -0.390 e. The summed E-state index contributed by atoms with van der Waals surface area (Å²) in [6.07, 6.45) is 8.76. The van der Waals surface area contributed by atoms with Crippen LogP contribution < -0.4 is 10.6 Å². The van der Waals surface area contributed by atoms with E-state index in [9.17, 15) is 22.3 Å². The van der Waals surface area contributed by atoms with Crippen LogP contribution in [0.25, 0.3) is 22.6 Å². The van der Waals surface area contributed by atoms with Gasteiger partial charge in [0.25, 0.3) is 16.4 Å². The van der Waals surface area contributed by atoms with Gasteiger partial charge in [0.15, 0.2) is 11.6 Å². The van der Waals surface area contributed by atoms with Crippen molar-refractivity contribution in [2.75, 3.05) is 10.6 Å². The minimum absolute atomic E-state index is 0.0617. The highest BCUT2D eigenvalue weighted by molar-refractivity contribution is 7.90. The van der Waals surface area contributed by atoms with Gasteiger partial charge in [-0.1, -0.05) is 0 Å². The lowest BCUT2D eigenvalue weighted by Crippen LogP contribution is -2.35. The number of imidazole rings is 1. The van der Waals surface area contributed by atoms with E-state index in [4.69, 9.17) is 0 Å². The van der Waals surface area contributed by atoms with E-state index in [0.29, 0.717) is 59.8 Å². The van der Waals surface area contributed by atoms with Crippen LogP contribution in [0, 0.1) is 0 Å². The molecule has 0 spiro atoms. The maximum absolute atomic E-state index is 13.5. The molecule has 0 aromatic carbocycles. The third-order valence-corrected chi connectivity index (χ3v) is 9.68. The van der Waals surface area contributed by atoms with Gasteiger partial charge in [0.1, 0.15) is 11.6 Å². The molecule has 0 aliphatic heterocycles. The van der Waals surface area contributed by atoms with Gasteiger partial charge in [-0.15, -0.1) is 0 Å². The van der Waals surface area contributed by atoms with Gasteiger partial charge < -0.3 is 20.3 Å². The van der Waals surface area contributed by atoms with Crippen molar-refractivity contribution in [2.45, 2.75) is 68.8 Å². The molecule has 3 N–H and O–H groups in total. The number of anilines is 3. The molecule has 2 fully saturated rings. The van der Waals surface area contributed by atoms with E-state index in [0.717, 1.165) is 16.9 Å². The number of rotatable bonds is 9. The number of alkyl halides is 2. The Morgan fingerprint density at radius 3 is 2.52 bits per heavy atom. The molecule has 2 aliphatic rings. The van der Waals surface area contributed by atoms with Gasteiger partial charge >= 0.3 is 0 Å². The standard InChI is InChI=1S/C27H31F2N9O3S/c1-27(39)8-5-17(6-9-27)33-20-11-23(31-13-19(20)21-15-37(2)26(34-21)24(28)29)35-22-7-10-30-25(36-22)16-12-32-38(14-16)42(40,41)18-3-4-18/h7,10-15,17-18,24,39H,3-6,8-9H2,1-2H3,(H2,30,31,33,35,36). The first-order chi connectivity index (χ1) is 20.0. The van der Waals surface area contributed by atoms with E-state index in [-0.39, 0.29) is 17.7 Å². The van der Waals surface area contributed by atoms with E-state index in [1.54, 1.807) is 30.7 Å². The number of aryl methyl sites for hydroxylation is 1. The molecule has 2 saturated carbocycles. The Balaban J connectivity index is 1.27. The van der Waals surface area contributed by atoms with Crippen molar-refractivity contribution in [1.82, 2.24) is 33.7 Å². The van der Waals surface area contributed by atoms with Crippen molar-refractivity contribution in [3.63, 3.8) is 0 Å². The molecule has 222 valence electrons. The van der Waals surface area contributed by atoms with E-state index in [1.807, 2.05) is 6.92 Å². The van der Waals surface area contributed by atoms with Crippen molar-refractivity contribution < 1.29 is 22.3 Å². The van der Waals surface area contributed by atoms with Crippen LogP contribution in [0.4, 0.5) is 26.1 Å². The molecule has 0 saturated heterocycles. The van der Waals surface area contributed by atoms with E-state index in [2.05, 4.69) is 35.7 Å². The normalized spacial score (nSPS) is 21.0. The second-order valence-electron chi connectivity index (χ2n) is 11.2. The summed E-state index contributed by atoms with van der Waals surface area (Å²) >= 11 is 0. The predicted octanol–water partition coefficient (Wildman–Crippen LogP) is 4.26. The summed E-state index contributed by atoms with van der Waals surface area (Å²) in [5.74, 6) is 0.796. The fourth-order valence-corrected chi connectivity index (χ4v) is 6.52. The Bertz CT molecular complexity index is 1710. The lowest BCUT2D eigenvalue weighted by molar-refractivity contribution is 0.0196. The largest absolute Gasteiger partial charge is 0.390 e. The van der Waals surface area contributed by atoms with E-state index in [1.165, 1.54) is 24.0 Å². The number of hydrogen-bond donors (Lipinski definition) is 3. The van der Waals surface area contributed by atoms with Crippen molar-refractivity contribution in [3.8, 4) is 22.6 Å². The summed E-state index contributed by atoms with van der Waals surface area (Å²) in [5.41, 5.74) is 1.32. The molecule has 42 heavy (non-hydrogen) atoms. The molecule has 0 unspecified atom stereocenters. The summed E-state index contributed by atoms with van der Waals surface area (Å²) in [6, 6.07) is 3.47. The summed E-state index contributed by atoms with van der Waals surface area (Å²) in [6.45, 7) is 1.83. The lowest BCUT2D eigenvalue weighted by atomic mass is 9.83. The predicted molar refractivity (Wildman–Crippen MR) is 152 cm³/mol. The Morgan fingerprint density at radius 1 is 1.07 bits per heavy atom. The Kier molecular flexibility index (Phi) is 7.17. The number of halogens is 2. The van der Waals surface area contributed by atoms with Crippen LogP contribution in [0.1, 0.15) is 57.7 Å². The molecule has 6 rings (SSSR count). The average molecular weight is 600 g/mol. The van der Waals surface area contributed by atoms with Crippen LogP contribution in [0.5, 0.6) is 0 Å². The molecule has 4 aromatic rings. The zero-order valence-corrected chi connectivity index (χ0v) is 23.9. The lowest BCUT2D eigenvalue weighted by Gasteiger charge is -2.34. The Labute approximate surface area is 241 Å². The Hall–Kier alpha value is -3.98. The quantitative estimate of drug-likeness (QED) is 0.254. The van der Waals surface area contributed by atoms with Crippen molar-refractivity contribution in [2.24, 2.45) is 7.05 Å². The first kappa shape index (κ1) is 28.2. The van der Waals surface area contributed by atoms with Crippen molar-refractivity contribution >= 4 is 27.3 Å². The van der Waals surface area contributed by atoms with Gasteiger partial charge in [0, 0.05) is 49.0 Å². The fourth-order valence-electron chi connectivity index (χ4n) is 5.04. The maximum atomic E-state index is 13.5. The summed E-state index contributed by atoms with van der Waals surface area (Å²) in [5, 5.41) is 20.7. The monoisotopic (exact) mass is 599 g/mol. The first-order valence-electron chi connectivity index (χ1n) is 13.7. The van der Waals surface area contributed by atoms with Crippen LogP contribution in [0.2, 0.25) is 0 Å². The molecule has 12 nitrogen and oxygen atoms in total. The maximum Gasteiger partial charge on any atom is 0.295 e. The second kappa shape index (κ2) is 10.7. The zero-order chi connectivity index (χ0) is 29.6. The van der Waals surface area contributed by atoms with Crippen molar-refractivity contribution in [3.05, 3.63) is 48.9 Å². The van der Waals surface area contributed by atoms with Gasteiger partial charge in [-0.3, -0.25) is 0 Å². The molecule has 15 heteroatoms. The molecule has 0 atom stereocenters. The molecule has 0 amide bonds. The van der Waals surface area contributed by atoms with E-state index >= 15 is 0 Å². The Morgan fingerprint density at radius 2 is 1.83 bits per heavy atom. The highest BCUT2D eigenvalue weighted by atomic mass is 32.2. The van der Waals surface area contributed by atoms with Crippen molar-refractivity contribution in [1.29, 1.82) is 0 Å². The summed E-state index contributed by atoms with van der Waals surface area (Å²) in [4.78, 5) is 17.4. The molecule has 0 bridgehead atoms. The van der Waals surface area contributed by atoms with Crippen LogP contribution in [0.15, 0.2) is 43.1 Å². The van der Waals surface area contributed by atoms with Crippen LogP contribution in [-0.4, -0.2) is 64.1 Å². The molecular weight excluding hydrogens is 568 g/mol. The second-order valence-corrected chi connectivity index (χ2v) is 13.2. The number of hydrogen-bond acceptors (Lipinski definition) is 10. The summed E-state index contributed by atoms with van der Waals surface area (Å²) < 4.78 is 54.2. The highest BCUT2D eigenvalue weighted by Gasteiger charge is 2.37. The summed E-state index contributed by atoms with van der Waals surface area (Å²) in [7, 11) is -1.99. The highest BCUT2D eigenvalue weighted by Crippen LogP contribution is 2.35. The molecule has 0 radical (unpaired) electrons. The van der Waals surface area contributed by atoms with Crippen LogP contribution in [-0.2, 0) is 17.1 Å². The van der Waals surface area contributed by atoms with E-state index < -0.39 is 27.3 Å². The average Bonchev–Trinajstić information content (AvgIpc) is 3.56. The van der Waals surface area contributed by atoms with Gasteiger partial charge in [-0.05, 0) is 51.5 Å². The van der Waals surface area contributed by atoms with Gasteiger partial charge in [-0.25, -0.2) is 37.1 Å². The number of aliphatic hydroxyl groups is 1. The number of nitrogens with zero attached hydrogens (tertiary/aromatic N) is 7. The minimum atomic E-state index is -3.51. The van der Waals surface area contributed by atoms with Gasteiger partial charge in [0.05, 0.1) is 34.5 Å². The molecule has 4 aromatic heterocycles.